The molecule has 3 aliphatic rings. The summed E-state index contributed by atoms with van der Waals surface area (Å²) < 4.78 is 12.4. The molecule has 0 saturated carbocycles. The van der Waals surface area contributed by atoms with Crippen molar-refractivity contribution < 1.29 is 14.3 Å². The van der Waals surface area contributed by atoms with Gasteiger partial charge in [-0.15, -0.1) is 0 Å². The topological polar surface area (TPSA) is 35.5 Å². The van der Waals surface area contributed by atoms with E-state index in [1.165, 1.54) is 0 Å². The van der Waals surface area contributed by atoms with Crippen molar-refractivity contribution in [1.82, 2.24) is 0 Å². The molecule has 3 heteroatoms. The van der Waals surface area contributed by atoms with Gasteiger partial charge in [-0.1, -0.05) is 36.4 Å². The monoisotopic (exact) mass is 278 g/mol. The molecule has 21 heavy (non-hydrogen) atoms. The Labute approximate surface area is 122 Å². The Morgan fingerprint density at radius 2 is 1.81 bits per heavy atom. The highest BCUT2D eigenvalue weighted by Gasteiger charge is 2.59. The first-order valence-corrected chi connectivity index (χ1v) is 7.30. The van der Waals surface area contributed by atoms with Gasteiger partial charge in [-0.2, -0.15) is 0 Å². The van der Waals surface area contributed by atoms with Crippen molar-refractivity contribution in [2.24, 2.45) is 0 Å². The van der Waals surface area contributed by atoms with Crippen molar-refractivity contribution in [2.75, 3.05) is 0 Å². The second-order valence-corrected chi connectivity index (χ2v) is 6.22. The zero-order valence-corrected chi connectivity index (χ0v) is 11.7. The minimum Gasteiger partial charge on any atom is -0.462 e. The van der Waals surface area contributed by atoms with Crippen molar-refractivity contribution >= 4 is 5.78 Å². The smallest absolute Gasteiger partial charge is 0.209 e. The van der Waals surface area contributed by atoms with Crippen molar-refractivity contribution in [2.45, 2.75) is 31.2 Å². The third kappa shape index (κ3) is 1.21. The maximum absolute atomic E-state index is 12.8. The highest BCUT2D eigenvalue weighted by atomic mass is 16.7. The van der Waals surface area contributed by atoms with Crippen molar-refractivity contribution in [1.29, 1.82) is 0 Å². The van der Waals surface area contributed by atoms with Crippen LogP contribution in [0.15, 0.2) is 42.5 Å². The summed E-state index contributed by atoms with van der Waals surface area (Å²) in [6.07, 6.45) is 1.67. The number of ketones is 1. The molecule has 2 aromatic carbocycles. The van der Waals surface area contributed by atoms with Gasteiger partial charge in [0, 0.05) is 30.0 Å². The van der Waals surface area contributed by atoms with E-state index in [1.54, 1.807) is 0 Å². The van der Waals surface area contributed by atoms with Gasteiger partial charge in [0.15, 0.2) is 5.78 Å². The van der Waals surface area contributed by atoms with E-state index in [2.05, 4.69) is 0 Å². The van der Waals surface area contributed by atoms with E-state index in [4.69, 9.17) is 9.47 Å². The van der Waals surface area contributed by atoms with E-state index in [0.717, 1.165) is 40.8 Å². The molecule has 0 radical (unpaired) electrons. The van der Waals surface area contributed by atoms with Crippen LogP contribution in [0.3, 0.4) is 0 Å². The highest BCUT2D eigenvalue weighted by molar-refractivity contribution is 6.13. The lowest BCUT2D eigenvalue weighted by Crippen LogP contribution is -2.45. The van der Waals surface area contributed by atoms with Crippen molar-refractivity contribution in [3.05, 3.63) is 64.7 Å². The van der Waals surface area contributed by atoms with E-state index in [0.29, 0.717) is 0 Å². The quantitative estimate of drug-likeness (QED) is 0.741. The lowest BCUT2D eigenvalue weighted by molar-refractivity contribution is -0.204. The number of carbonyl (C=O) groups excluding carboxylic acids is 1. The zero-order chi connectivity index (χ0) is 14.2. The van der Waals surface area contributed by atoms with E-state index in [1.807, 2.05) is 49.4 Å². The molecular formula is C18H14O3. The Hall–Kier alpha value is -2.13. The van der Waals surface area contributed by atoms with Crippen molar-refractivity contribution in [3.8, 4) is 5.75 Å². The van der Waals surface area contributed by atoms with Crippen LogP contribution >= 0.6 is 0 Å². The van der Waals surface area contributed by atoms with Gasteiger partial charge in [-0.05, 0) is 18.1 Å². The zero-order valence-electron chi connectivity index (χ0n) is 11.7. The fraction of sp³-hybridized carbons (Fsp3) is 0.278. The molecule has 5 rings (SSSR count). The van der Waals surface area contributed by atoms with Crippen LogP contribution in [-0.2, 0) is 10.3 Å². The maximum Gasteiger partial charge on any atom is 0.209 e. The molecule has 1 saturated heterocycles. The van der Waals surface area contributed by atoms with Gasteiger partial charge in [0.2, 0.25) is 5.79 Å². The summed E-state index contributed by atoms with van der Waals surface area (Å²) in [4.78, 5) is 12.8. The third-order valence-electron chi connectivity index (χ3n) is 4.93. The van der Waals surface area contributed by atoms with Gasteiger partial charge in [-0.25, -0.2) is 0 Å². The summed E-state index contributed by atoms with van der Waals surface area (Å²) in [6, 6.07) is 13.5. The summed E-state index contributed by atoms with van der Waals surface area (Å²) in [5.74, 6) is 0.261. The maximum atomic E-state index is 12.8. The first-order chi connectivity index (χ1) is 10.1. The predicted octanol–water partition coefficient (Wildman–Crippen LogP) is 3.39. The molecule has 1 fully saturated rings. The minimum absolute atomic E-state index is 0.0655. The summed E-state index contributed by atoms with van der Waals surface area (Å²) in [7, 11) is 0. The van der Waals surface area contributed by atoms with Crippen LogP contribution in [0.25, 0.3) is 0 Å². The first kappa shape index (κ1) is 11.5. The Balaban J connectivity index is 1.94. The number of rotatable bonds is 0. The van der Waals surface area contributed by atoms with Crippen LogP contribution in [0.4, 0.5) is 0 Å². The van der Waals surface area contributed by atoms with Crippen LogP contribution < -0.4 is 4.74 Å². The number of hydrogen-bond acceptors (Lipinski definition) is 3. The number of fused-ring (bicyclic) bond motifs is 2. The van der Waals surface area contributed by atoms with Crippen LogP contribution in [0.5, 0.6) is 5.75 Å². The van der Waals surface area contributed by atoms with Crippen molar-refractivity contribution in [3.63, 3.8) is 0 Å². The normalized spacial score (nSPS) is 31.4. The Kier molecular flexibility index (Phi) is 1.85. The summed E-state index contributed by atoms with van der Waals surface area (Å²) in [6.45, 7) is 1.98. The van der Waals surface area contributed by atoms with Gasteiger partial charge >= 0.3 is 0 Å². The lowest BCUT2D eigenvalue weighted by Gasteiger charge is -2.43. The van der Waals surface area contributed by atoms with E-state index in [9.17, 15) is 4.79 Å². The lowest BCUT2D eigenvalue weighted by atomic mass is 9.72. The molecule has 2 aromatic rings. The largest absolute Gasteiger partial charge is 0.462 e. The third-order valence-corrected chi connectivity index (χ3v) is 4.93. The average Bonchev–Trinajstić information content (AvgIpc) is 2.78. The molecule has 2 unspecified atom stereocenters. The minimum atomic E-state index is -0.598. The van der Waals surface area contributed by atoms with E-state index < -0.39 is 11.4 Å². The Morgan fingerprint density at radius 1 is 1.00 bits per heavy atom. The van der Waals surface area contributed by atoms with Gasteiger partial charge in [0.05, 0.1) is 0 Å². The van der Waals surface area contributed by atoms with Gasteiger partial charge in [0.1, 0.15) is 11.4 Å². The van der Waals surface area contributed by atoms with E-state index >= 15 is 0 Å². The predicted molar refractivity (Wildman–Crippen MR) is 76.4 cm³/mol. The van der Waals surface area contributed by atoms with Crippen LogP contribution in [0, 0.1) is 0 Å². The fourth-order valence-corrected chi connectivity index (χ4v) is 4.08. The van der Waals surface area contributed by atoms with Crippen LogP contribution in [-0.4, -0.2) is 11.6 Å². The molecule has 0 amide bonds. The molecule has 3 nitrogen and oxygen atoms in total. The average molecular weight is 278 g/mol. The molecule has 2 heterocycles. The number of ether oxygens (including phenoxy) is 2. The van der Waals surface area contributed by atoms with Crippen LogP contribution in [0.1, 0.15) is 46.8 Å². The molecule has 0 aromatic heterocycles. The summed E-state index contributed by atoms with van der Waals surface area (Å²) in [5, 5.41) is 0. The Morgan fingerprint density at radius 3 is 2.71 bits per heavy atom. The second-order valence-electron chi connectivity index (χ2n) is 6.22. The first-order valence-electron chi connectivity index (χ1n) is 7.30. The van der Waals surface area contributed by atoms with Gasteiger partial charge < -0.3 is 9.47 Å². The second kappa shape index (κ2) is 3.37. The fourth-order valence-electron chi connectivity index (χ4n) is 4.08. The SMILES string of the molecule is CC12CCC3(O1)c1ccccc1C(=O)c1cccc(c13)O2. The summed E-state index contributed by atoms with van der Waals surface area (Å²) >= 11 is 0. The molecule has 2 atom stereocenters. The number of hydrogen-bond donors (Lipinski definition) is 0. The molecule has 0 N–H and O–H groups in total. The molecule has 104 valence electrons. The molecular weight excluding hydrogens is 264 g/mol. The number of benzene rings is 2. The van der Waals surface area contributed by atoms with E-state index in [-0.39, 0.29) is 5.78 Å². The molecule has 2 bridgehead atoms. The molecule has 2 aliphatic heterocycles. The molecule has 1 spiro atoms. The van der Waals surface area contributed by atoms with Gasteiger partial charge in [-0.3, -0.25) is 4.79 Å². The van der Waals surface area contributed by atoms with Crippen LogP contribution in [0.2, 0.25) is 0 Å². The summed E-state index contributed by atoms with van der Waals surface area (Å²) in [5.41, 5.74) is 2.86. The number of carbonyl (C=O) groups is 1. The van der Waals surface area contributed by atoms with Gasteiger partial charge in [0.25, 0.3) is 0 Å². The highest BCUT2D eigenvalue weighted by Crippen LogP contribution is 2.59. The molecule has 1 aliphatic carbocycles. The standard InChI is InChI=1S/C18H14O3/c1-17-9-10-18(21-17)13-7-3-2-5-11(13)16(19)12-6-4-8-14(20-17)15(12)18/h2-8H,9-10H2,1H3. The Bertz CT molecular complexity index is 810.